The highest BCUT2D eigenvalue weighted by molar-refractivity contribution is 5.93. The average Bonchev–Trinajstić information content (AvgIpc) is 3.20. The first kappa shape index (κ1) is 19.9. The molecule has 0 fully saturated rings. The van der Waals surface area contributed by atoms with Gasteiger partial charge in [-0.05, 0) is 24.6 Å². The molecule has 9 heteroatoms. The lowest BCUT2D eigenvalue weighted by Gasteiger charge is -2.06. The number of nitrogens with two attached hydrogens (primary N) is 1. The van der Waals surface area contributed by atoms with E-state index < -0.39 is 0 Å². The molecule has 4 rings (SSSR count). The van der Waals surface area contributed by atoms with Crippen LogP contribution in [-0.4, -0.2) is 50.3 Å². The lowest BCUT2D eigenvalue weighted by Crippen LogP contribution is -2.06. The monoisotopic (exact) mass is 405 g/mol. The van der Waals surface area contributed by atoms with Crippen LogP contribution in [0.15, 0.2) is 42.6 Å². The van der Waals surface area contributed by atoms with E-state index in [1.165, 1.54) is 0 Å². The Morgan fingerprint density at radius 3 is 2.70 bits per heavy atom. The Morgan fingerprint density at radius 1 is 1.00 bits per heavy atom. The van der Waals surface area contributed by atoms with Crippen LogP contribution in [0.5, 0.6) is 0 Å². The summed E-state index contributed by atoms with van der Waals surface area (Å²) in [5.41, 5.74) is 10.8. The Bertz CT molecular complexity index is 1160. The van der Waals surface area contributed by atoms with Gasteiger partial charge in [-0.2, -0.15) is 0 Å². The number of fused-ring (bicyclic) bond motifs is 1. The molecule has 0 saturated heterocycles. The molecule has 0 aliphatic heterocycles. The Morgan fingerprint density at radius 2 is 1.83 bits per heavy atom. The lowest BCUT2D eigenvalue weighted by molar-refractivity contribution is 0.0601. The number of nitrogens with zero attached hydrogens (tertiary/aromatic N) is 6. The summed E-state index contributed by atoms with van der Waals surface area (Å²) in [6.45, 7) is 4.00. The Hall–Kier alpha value is -3.43. The van der Waals surface area contributed by atoms with Gasteiger partial charge in [0.1, 0.15) is 11.4 Å². The van der Waals surface area contributed by atoms with E-state index in [0.717, 1.165) is 27.9 Å². The van der Waals surface area contributed by atoms with Crippen molar-refractivity contribution in [3.8, 4) is 11.4 Å². The first-order valence-corrected chi connectivity index (χ1v) is 9.59. The predicted octanol–water partition coefficient (Wildman–Crippen LogP) is 2.39. The average molecular weight is 405 g/mol. The number of methoxy groups -OCH3 is 1. The zero-order valence-corrected chi connectivity index (χ0v) is 16.9. The number of para-hydroxylation sites is 1. The fraction of sp³-hybridized carbons (Fsp3) is 0.286. The molecule has 0 aliphatic rings. The van der Waals surface area contributed by atoms with Gasteiger partial charge in [0.25, 0.3) is 0 Å². The van der Waals surface area contributed by atoms with E-state index >= 15 is 0 Å². The third-order valence-electron chi connectivity index (χ3n) is 4.60. The summed E-state index contributed by atoms with van der Waals surface area (Å²) in [7, 11) is 1.65. The summed E-state index contributed by atoms with van der Waals surface area (Å²) >= 11 is 0. The minimum absolute atomic E-state index is 0.212. The molecule has 9 nitrogen and oxygen atoms in total. The number of nitrogen functional groups attached to an aromatic ring is 1. The summed E-state index contributed by atoms with van der Waals surface area (Å²) < 4.78 is 12.3. The maximum atomic E-state index is 5.93. The second-order valence-corrected chi connectivity index (χ2v) is 6.87. The minimum Gasteiger partial charge on any atom is -0.382 e. The van der Waals surface area contributed by atoms with Gasteiger partial charge < -0.3 is 15.2 Å². The Kier molecular flexibility index (Phi) is 5.92. The fourth-order valence-corrected chi connectivity index (χ4v) is 3.17. The van der Waals surface area contributed by atoms with Crippen LogP contribution in [-0.2, 0) is 22.6 Å². The molecule has 0 bridgehead atoms. The number of hydrogen-bond acceptors (Lipinski definition) is 8. The molecule has 0 saturated carbocycles. The summed E-state index contributed by atoms with van der Waals surface area (Å²) in [5, 5.41) is 9.43. The maximum absolute atomic E-state index is 5.93. The highest BCUT2D eigenvalue weighted by Crippen LogP contribution is 2.26. The predicted molar refractivity (Wildman–Crippen MR) is 113 cm³/mol. The van der Waals surface area contributed by atoms with Crippen LogP contribution < -0.4 is 5.73 Å². The molecule has 2 N–H and O–H groups in total. The Labute approximate surface area is 173 Å². The van der Waals surface area contributed by atoms with Gasteiger partial charge in [0.15, 0.2) is 0 Å². The van der Waals surface area contributed by atoms with E-state index in [4.69, 9.17) is 15.2 Å². The topological polar surface area (TPSA) is 114 Å². The molecule has 0 spiro atoms. The van der Waals surface area contributed by atoms with Crippen LogP contribution >= 0.6 is 0 Å². The van der Waals surface area contributed by atoms with E-state index in [9.17, 15) is 0 Å². The summed E-state index contributed by atoms with van der Waals surface area (Å²) in [4.78, 5) is 13.4. The van der Waals surface area contributed by atoms with Crippen molar-refractivity contribution in [2.24, 2.45) is 0 Å². The van der Waals surface area contributed by atoms with Gasteiger partial charge in [-0.1, -0.05) is 29.5 Å². The van der Waals surface area contributed by atoms with Crippen molar-refractivity contribution >= 4 is 16.9 Å². The maximum Gasteiger partial charge on any atom is 0.221 e. The summed E-state index contributed by atoms with van der Waals surface area (Å²) in [6, 6.07) is 11.8. The number of hydrogen-bond donors (Lipinski definition) is 1. The van der Waals surface area contributed by atoms with Crippen LogP contribution in [0.3, 0.4) is 0 Å². The molecule has 0 unspecified atom stereocenters. The molecular formula is C21H23N7O2. The zero-order valence-electron chi connectivity index (χ0n) is 16.9. The number of ether oxygens (including phenoxy) is 2. The third-order valence-corrected chi connectivity index (χ3v) is 4.60. The highest BCUT2D eigenvalue weighted by Gasteiger charge is 2.13. The number of aryl methyl sites for hydroxylation is 1. The molecule has 0 aliphatic carbocycles. The minimum atomic E-state index is 0.212. The van der Waals surface area contributed by atoms with E-state index in [1.54, 1.807) is 11.8 Å². The van der Waals surface area contributed by atoms with Gasteiger partial charge in [-0.15, -0.1) is 5.10 Å². The van der Waals surface area contributed by atoms with Crippen LogP contribution in [0, 0.1) is 6.92 Å². The number of benzene rings is 1. The highest BCUT2D eigenvalue weighted by atomic mass is 16.5. The fourth-order valence-electron chi connectivity index (χ4n) is 3.17. The van der Waals surface area contributed by atoms with E-state index in [0.29, 0.717) is 37.8 Å². The van der Waals surface area contributed by atoms with Gasteiger partial charge in [0.2, 0.25) is 5.95 Å². The second kappa shape index (κ2) is 8.93. The van der Waals surface area contributed by atoms with Crippen LogP contribution in [0.2, 0.25) is 0 Å². The first-order valence-electron chi connectivity index (χ1n) is 9.59. The van der Waals surface area contributed by atoms with Gasteiger partial charge in [-0.25, -0.2) is 14.6 Å². The lowest BCUT2D eigenvalue weighted by atomic mass is 10.1. The van der Waals surface area contributed by atoms with Crippen LogP contribution in [0.25, 0.3) is 22.3 Å². The van der Waals surface area contributed by atoms with Crippen molar-refractivity contribution < 1.29 is 9.47 Å². The molecule has 4 aromatic rings. The molecule has 3 aromatic heterocycles. The first-order chi connectivity index (χ1) is 14.6. The van der Waals surface area contributed by atoms with Crippen LogP contribution in [0.4, 0.5) is 5.95 Å². The van der Waals surface area contributed by atoms with Crippen molar-refractivity contribution in [1.82, 2.24) is 29.9 Å². The number of pyridine rings is 1. The SMILES string of the molecule is COCCOCc1cccc(Cn2cc(-c3nc(N)nc4c(C)cccc34)nn2)n1. The zero-order chi connectivity index (χ0) is 20.9. The van der Waals surface area contributed by atoms with E-state index in [1.807, 2.05) is 49.5 Å². The third kappa shape index (κ3) is 4.42. The van der Waals surface area contributed by atoms with Crippen molar-refractivity contribution in [3.05, 3.63) is 59.5 Å². The quantitative estimate of drug-likeness (QED) is 0.445. The normalized spacial score (nSPS) is 11.3. The Balaban J connectivity index is 1.55. The largest absolute Gasteiger partial charge is 0.382 e. The number of anilines is 1. The van der Waals surface area contributed by atoms with Crippen molar-refractivity contribution in [3.63, 3.8) is 0 Å². The molecule has 0 atom stereocenters. The summed E-state index contributed by atoms with van der Waals surface area (Å²) in [5.74, 6) is 0.212. The summed E-state index contributed by atoms with van der Waals surface area (Å²) in [6.07, 6.45) is 1.84. The van der Waals surface area contributed by atoms with E-state index in [2.05, 4.69) is 25.3 Å². The molecule has 0 amide bonds. The van der Waals surface area contributed by atoms with Gasteiger partial charge in [0, 0.05) is 12.5 Å². The molecule has 154 valence electrons. The smallest absolute Gasteiger partial charge is 0.221 e. The van der Waals surface area contributed by atoms with Crippen molar-refractivity contribution in [1.29, 1.82) is 0 Å². The van der Waals surface area contributed by atoms with Gasteiger partial charge in [0.05, 0.1) is 49.5 Å². The van der Waals surface area contributed by atoms with Crippen LogP contribution in [0.1, 0.15) is 17.0 Å². The van der Waals surface area contributed by atoms with Crippen molar-refractivity contribution in [2.45, 2.75) is 20.1 Å². The number of aromatic nitrogens is 6. The van der Waals surface area contributed by atoms with E-state index in [-0.39, 0.29) is 5.95 Å². The molecule has 1 aromatic carbocycles. The van der Waals surface area contributed by atoms with Crippen molar-refractivity contribution in [2.75, 3.05) is 26.1 Å². The second-order valence-electron chi connectivity index (χ2n) is 6.87. The molecular weight excluding hydrogens is 382 g/mol. The molecule has 3 heterocycles. The van der Waals surface area contributed by atoms with Gasteiger partial charge in [-0.3, -0.25) is 4.98 Å². The molecule has 30 heavy (non-hydrogen) atoms. The van der Waals surface area contributed by atoms with Gasteiger partial charge >= 0.3 is 0 Å². The molecule has 0 radical (unpaired) electrons. The standard InChI is InChI=1S/C21H23N7O2/c1-14-5-3-8-17-19(14)24-21(22)25-20(17)18-12-28(27-26-18)11-15-6-4-7-16(23-15)13-30-10-9-29-2/h3-8,12H,9-11,13H2,1-2H3,(H2,22,24,25). The number of rotatable bonds is 8.